The summed E-state index contributed by atoms with van der Waals surface area (Å²) in [6.07, 6.45) is 3.98. The molecule has 160 valence electrons. The van der Waals surface area contributed by atoms with Crippen molar-refractivity contribution in [3.8, 4) is 0 Å². The van der Waals surface area contributed by atoms with Gasteiger partial charge in [0, 0.05) is 23.3 Å². The standard InChI is InChI=1S/C27H31N3O/c1-5-14-30-25-13-10-20(15-24(25)19(2)17-27(30,3)4)18-28-29-26(31)23-12-11-21-8-6-7-9-22(21)16-23/h6-13,15-16,18-19H,5,14,17H2,1-4H3,(H,29,31)/b28-18-. The van der Waals surface area contributed by atoms with Crippen molar-refractivity contribution in [2.24, 2.45) is 5.10 Å². The lowest BCUT2D eigenvalue weighted by molar-refractivity contribution is 0.0955. The van der Waals surface area contributed by atoms with Gasteiger partial charge in [-0.05, 0) is 78.8 Å². The summed E-state index contributed by atoms with van der Waals surface area (Å²) in [5, 5.41) is 6.38. The van der Waals surface area contributed by atoms with E-state index in [9.17, 15) is 4.79 Å². The van der Waals surface area contributed by atoms with Crippen LogP contribution in [0.5, 0.6) is 0 Å². The minimum atomic E-state index is -0.204. The average molecular weight is 414 g/mol. The van der Waals surface area contributed by atoms with Crippen LogP contribution < -0.4 is 10.3 Å². The van der Waals surface area contributed by atoms with Gasteiger partial charge in [0.15, 0.2) is 0 Å². The molecule has 1 unspecified atom stereocenters. The third-order valence-corrected chi connectivity index (χ3v) is 6.25. The fourth-order valence-electron chi connectivity index (χ4n) is 4.80. The summed E-state index contributed by atoms with van der Waals surface area (Å²) in [4.78, 5) is 15.1. The van der Waals surface area contributed by atoms with Crippen molar-refractivity contribution in [1.82, 2.24) is 5.43 Å². The Morgan fingerprint density at radius 1 is 1.13 bits per heavy atom. The molecule has 4 heteroatoms. The first-order valence-corrected chi connectivity index (χ1v) is 11.1. The zero-order valence-electron chi connectivity index (χ0n) is 18.9. The maximum absolute atomic E-state index is 12.5. The molecule has 0 aliphatic carbocycles. The van der Waals surface area contributed by atoms with Gasteiger partial charge in [0.1, 0.15) is 0 Å². The molecule has 3 aromatic carbocycles. The van der Waals surface area contributed by atoms with Gasteiger partial charge in [-0.3, -0.25) is 4.79 Å². The second-order valence-electron chi connectivity index (χ2n) is 9.15. The van der Waals surface area contributed by atoms with E-state index in [2.05, 4.69) is 61.3 Å². The number of hydrogen-bond donors (Lipinski definition) is 1. The molecule has 0 aromatic heterocycles. The van der Waals surface area contributed by atoms with E-state index in [1.807, 2.05) is 42.5 Å². The highest BCUT2D eigenvalue weighted by atomic mass is 16.2. The minimum Gasteiger partial charge on any atom is -0.366 e. The molecule has 0 radical (unpaired) electrons. The van der Waals surface area contributed by atoms with Crippen molar-refractivity contribution < 1.29 is 4.79 Å². The van der Waals surface area contributed by atoms with Crippen LogP contribution in [0.1, 0.15) is 67.9 Å². The number of benzene rings is 3. The molecule has 0 saturated heterocycles. The second kappa shape index (κ2) is 8.54. The van der Waals surface area contributed by atoms with Gasteiger partial charge in [-0.25, -0.2) is 5.43 Å². The predicted molar refractivity (Wildman–Crippen MR) is 130 cm³/mol. The van der Waals surface area contributed by atoms with E-state index in [0.29, 0.717) is 11.5 Å². The van der Waals surface area contributed by atoms with E-state index in [1.54, 1.807) is 6.21 Å². The molecule has 0 bridgehead atoms. The molecule has 0 spiro atoms. The van der Waals surface area contributed by atoms with Crippen molar-refractivity contribution in [3.63, 3.8) is 0 Å². The van der Waals surface area contributed by atoms with Gasteiger partial charge >= 0.3 is 0 Å². The van der Waals surface area contributed by atoms with Crippen molar-refractivity contribution >= 4 is 28.6 Å². The van der Waals surface area contributed by atoms with Crippen LogP contribution in [0.25, 0.3) is 10.8 Å². The Morgan fingerprint density at radius 2 is 1.90 bits per heavy atom. The number of hydrazone groups is 1. The van der Waals surface area contributed by atoms with E-state index in [0.717, 1.165) is 35.7 Å². The summed E-state index contributed by atoms with van der Waals surface area (Å²) >= 11 is 0. The summed E-state index contributed by atoms with van der Waals surface area (Å²) in [7, 11) is 0. The second-order valence-corrected chi connectivity index (χ2v) is 9.15. The summed E-state index contributed by atoms with van der Waals surface area (Å²) < 4.78 is 0. The zero-order valence-corrected chi connectivity index (χ0v) is 18.9. The molecule has 4 rings (SSSR count). The van der Waals surface area contributed by atoms with E-state index in [1.165, 1.54) is 11.3 Å². The van der Waals surface area contributed by atoms with E-state index in [-0.39, 0.29) is 11.4 Å². The number of carbonyl (C=O) groups is 1. The lowest BCUT2D eigenvalue weighted by atomic mass is 9.79. The smallest absolute Gasteiger partial charge is 0.271 e. The van der Waals surface area contributed by atoms with Crippen LogP contribution in [0.2, 0.25) is 0 Å². The first-order valence-electron chi connectivity index (χ1n) is 11.1. The van der Waals surface area contributed by atoms with Crippen LogP contribution in [-0.2, 0) is 0 Å². The molecular formula is C27H31N3O. The number of fused-ring (bicyclic) bond motifs is 2. The molecule has 31 heavy (non-hydrogen) atoms. The van der Waals surface area contributed by atoms with Crippen molar-refractivity contribution in [3.05, 3.63) is 77.4 Å². The molecule has 0 saturated carbocycles. The molecule has 1 N–H and O–H groups in total. The maximum atomic E-state index is 12.5. The number of hydrogen-bond acceptors (Lipinski definition) is 3. The highest BCUT2D eigenvalue weighted by Gasteiger charge is 2.35. The Kier molecular flexibility index (Phi) is 5.81. The van der Waals surface area contributed by atoms with Gasteiger partial charge in [-0.15, -0.1) is 0 Å². The number of anilines is 1. The Balaban J connectivity index is 1.50. The number of rotatable bonds is 5. The van der Waals surface area contributed by atoms with Gasteiger partial charge in [-0.2, -0.15) is 5.10 Å². The first kappa shape index (κ1) is 21.1. The third kappa shape index (κ3) is 4.34. The number of nitrogens with one attached hydrogen (secondary N) is 1. The van der Waals surface area contributed by atoms with Crippen LogP contribution in [0.3, 0.4) is 0 Å². The summed E-state index contributed by atoms with van der Waals surface area (Å²) in [6.45, 7) is 10.3. The molecule has 4 nitrogen and oxygen atoms in total. The summed E-state index contributed by atoms with van der Waals surface area (Å²) in [5.74, 6) is 0.280. The largest absolute Gasteiger partial charge is 0.366 e. The summed E-state index contributed by atoms with van der Waals surface area (Å²) in [5.41, 5.74) is 7.11. The molecule has 1 amide bonds. The topological polar surface area (TPSA) is 44.7 Å². The van der Waals surface area contributed by atoms with Crippen LogP contribution in [0.4, 0.5) is 5.69 Å². The SMILES string of the molecule is CCCN1c2ccc(/C=N\NC(=O)c3ccc4ccccc4c3)cc2C(C)CC1(C)C. The van der Waals surface area contributed by atoms with Gasteiger partial charge in [0.2, 0.25) is 0 Å². The third-order valence-electron chi connectivity index (χ3n) is 6.25. The molecule has 1 atom stereocenters. The van der Waals surface area contributed by atoms with Crippen molar-refractivity contribution in [2.45, 2.75) is 52.0 Å². The highest BCUT2D eigenvalue weighted by molar-refractivity contribution is 5.99. The first-order chi connectivity index (χ1) is 14.9. The number of nitrogens with zero attached hydrogens (tertiary/aromatic N) is 2. The van der Waals surface area contributed by atoms with Gasteiger partial charge in [0.25, 0.3) is 5.91 Å². The quantitative estimate of drug-likeness (QED) is 0.405. The molecule has 0 fully saturated rings. The number of amides is 1. The molecule has 1 aliphatic heterocycles. The van der Waals surface area contributed by atoms with Crippen molar-refractivity contribution in [2.75, 3.05) is 11.4 Å². The van der Waals surface area contributed by atoms with E-state index in [4.69, 9.17) is 0 Å². The maximum Gasteiger partial charge on any atom is 0.271 e. The molecule has 1 heterocycles. The minimum absolute atomic E-state index is 0.159. The molecule has 1 aliphatic rings. The fraction of sp³-hybridized carbons (Fsp3) is 0.333. The number of carbonyl (C=O) groups excluding carboxylic acids is 1. The fourth-order valence-corrected chi connectivity index (χ4v) is 4.80. The van der Waals surface area contributed by atoms with Crippen LogP contribution >= 0.6 is 0 Å². The Morgan fingerprint density at radius 3 is 2.68 bits per heavy atom. The Hall–Kier alpha value is -3.14. The molecule has 3 aromatic rings. The summed E-state index contributed by atoms with van der Waals surface area (Å²) in [6, 6.07) is 20.2. The Labute approximate surface area is 185 Å². The molecular weight excluding hydrogens is 382 g/mol. The van der Waals surface area contributed by atoms with Gasteiger partial charge in [-0.1, -0.05) is 50.2 Å². The van der Waals surface area contributed by atoms with Crippen LogP contribution in [0, 0.1) is 0 Å². The average Bonchev–Trinajstić information content (AvgIpc) is 2.76. The normalized spacial score (nSPS) is 17.7. The zero-order chi connectivity index (χ0) is 22.0. The lowest BCUT2D eigenvalue weighted by Crippen LogP contribution is -2.48. The van der Waals surface area contributed by atoms with Crippen LogP contribution in [0.15, 0.2) is 65.8 Å². The highest BCUT2D eigenvalue weighted by Crippen LogP contribution is 2.43. The van der Waals surface area contributed by atoms with E-state index < -0.39 is 0 Å². The lowest BCUT2D eigenvalue weighted by Gasteiger charge is -2.47. The van der Waals surface area contributed by atoms with Gasteiger partial charge < -0.3 is 4.90 Å². The van der Waals surface area contributed by atoms with Crippen molar-refractivity contribution in [1.29, 1.82) is 0 Å². The van der Waals surface area contributed by atoms with Gasteiger partial charge in [0.05, 0.1) is 6.21 Å². The van der Waals surface area contributed by atoms with Crippen LogP contribution in [-0.4, -0.2) is 24.2 Å². The predicted octanol–water partition coefficient (Wildman–Crippen LogP) is 6.11. The Bertz CT molecular complexity index is 1130. The monoisotopic (exact) mass is 413 g/mol. The van der Waals surface area contributed by atoms with E-state index >= 15 is 0 Å².